The van der Waals surface area contributed by atoms with Crippen LogP contribution in [-0.2, 0) is 4.74 Å². The SMILES string of the molecule is Cc1nn(C2CCCCO2)c2cc3ccccc3c(O)c12. The van der Waals surface area contributed by atoms with Crippen molar-refractivity contribution in [1.29, 1.82) is 0 Å². The smallest absolute Gasteiger partial charge is 0.150 e. The molecule has 1 aromatic heterocycles. The first-order chi connectivity index (χ1) is 10.3. The average Bonchev–Trinajstić information content (AvgIpc) is 2.86. The summed E-state index contributed by atoms with van der Waals surface area (Å²) in [7, 11) is 0. The van der Waals surface area contributed by atoms with E-state index in [1.165, 1.54) is 0 Å². The van der Waals surface area contributed by atoms with Gasteiger partial charge in [0.05, 0.1) is 16.6 Å². The van der Waals surface area contributed by atoms with E-state index in [9.17, 15) is 5.11 Å². The summed E-state index contributed by atoms with van der Waals surface area (Å²) in [6.07, 6.45) is 3.23. The number of benzene rings is 2. The van der Waals surface area contributed by atoms with E-state index < -0.39 is 0 Å². The normalized spacial score (nSPS) is 19.4. The Balaban J connectivity index is 2.00. The van der Waals surface area contributed by atoms with E-state index in [0.29, 0.717) is 5.75 Å². The predicted molar refractivity (Wildman–Crippen MR) is 82.5 cm³/mol. The number of rotatable bonds is 1. The minimum absolute atomic E-state index is 0.0180. The van der Waals surface area contributed by atoms with Gasteiger partial charge in [-0.3, -0.25) is 0 Å². The number of hydrogen-bond acceptors (Lipinski definition) is 3. The van der Waals surface area contributed by atoms with Gasteiger partial charge in [0.15, 0.2) is 6.23 Å². The summed E-state index contributed by atoms with van der Waals surface area (Å²) < 4.78 is 7.80. The van der Waals surface area contributed by atoms with Crippen LogP contribution in [0.4, 0.5) is 0 Å². The molecule has 108 valence electrons. The van der Waals surface area contributed by atoms with Crippen LogP contribution in [0.5, 0.6) is 5.75 Å². The molecule has 0 bridgehead atoms. The Morgan fingerprint density at radius 1 is 1.29 bits per heavy atom. The van der Waals surface area contributed by atoms with Gasteiger partial charge in [-0.25, -0.2) is 4.68 Å². The molecule has 1 unspecified atom stereocenters. The van der Waals surface area contributed by atoms with Gasteiger partial charge in [0.25, 0.3) is 0 Å². The van der Waals surface area contributed by atoms with Gasteiger partial charge in [-0.2, -0.15) is 5.10 Å². The van der Waals surface area contributed by atoms with Gasteiger partial charge in [-0.1, -0.05) is 24.3 Å². The second-order valence-electron chi connectivity index (χ2n) is 5.69. The Hall–Kier alpha value is -2.07. The first kappa shape index (κ1) is 12.7. The number of hydrogen-bond donors (Lipinski definition) is 1. The van der Waals surface area contributed by atoms with E-state index in [2.05, 4.69) is 11.2 Å². The van der Waals surface area contributed by atoms with Crippen molar-refractivity contribution in [3.8, 4) is 5.75 Å². The Labute approximate surface area is 122 Å². The van der Waals surface area contributed by atoms with E-state index in [1.54, 1.807) is 0 Å². The van der Waals surface area contributed by atoms with Crippen molar-refractivity contribution < 1.29 is 9.84 Å². The zero-order valence-corrected chi connectivity index (χ0v) is 12.0. The zero-order chi connectivity index (χ0) is 14.4. The topological polar surface area (TPSA) is 47.3 Å². The second kappa shape index (κ2) is 4.74. The summed E-state index contributed by atoms with van der Waals surface area (Å²) >= 11 is 0. The molecule has 4 nitrogen and oxygen atoms in total. The quantitative estimate of drug-likeness (QED) is 0.736. The van der Waals surface area contributed by atoms with Crippen LogP contribution < -0.4 is 0 Å². The predicted octanol–water partition coefficient (Wildman–Crippen LogP) is 3.90. The van der Waals surface area contributed by atoms with Gasteiger partial charge >= 0.3 is 0 Å². The summed E-state index contributed by atoms with van der Waals surface area (Å²) in [5.41, 5.74) is 1.80. The van der Waals surface area contributed by atoms with Crippen LogP contribution in [0.25, 0.3) is 21.7 Å². The van der Waals surface area contributed by atoms with Crippen molar-refractivity contribution in [3.05, 3.63) is 36.0 Å². The molecule has 1 N–H and O–H groups in total. The van der Waals surface area contributed by atoms with Crippen molar-refractivity contribution in [2.24, 2.45) is 0 Å². The van der Waals surface area contributed by atoms with E-state index in [1.807, 2.05) is 35.9 Å². The molecule has 0 saturated carbocycles. The molecule has 1 aliphatic rings. The summed E-state index contributed by atoms with van der Waals surface area (Å²) in [5.74, 6) is 0.322. The lowest BCUT2D eigenvalue weighted by atomic mass is 10.1. The summed E-state index contributed by atoms with van der Waals surface area (Å²) in [6.45, 7) is 2.72. The number of phenolic OH excluding ortho intramolecular Hbond substituents is 1. The fraction of sp³-hybridized carbons (Fsp3) is 0.353. The van der Waals surface area contributed by atoms with Crippen LogP contribution in [0.3, 0.4) is 0 Å². The molecule has 1 aliphatic heterocycles. The number of phenols is 1. The van der Waals surface area contributed by atoms with Crippen LogP contribution in [-0.4, -0.2) is 21.5 Å². The van der Waals surface area contributed by atoms with Crippen molar-refractivity contribution in [2.75, 3.05) is 6.61 Å². The highest BCUT2D eigenvalue weighted by molar-refractivity contribution is 6.04. The molecular weight excluding hydrogens is 264 g/mol. The summed E-state index contributed by atoms with van der Waals surface area (Å²) in [5, 5.41) is 18.0. The van der Waals surface area contributed by atoms with Crippen LogP contribution in [0.2, 0.25) is 0 Å². The molecular formula is C17H18N2O2. The van der Waals surface area contributed by atoms with Gasteiger partial charge < -0.3 is 9.84 Å². The highest BCUT2D eigenvalue weighted by Gasteiger charge is 2.22. The first-order valence-corrected chi connectivity index (χ1v) is 7.47. The van der Waals surface area contributed by atoms with E-state index in [0.717, 1.165) is 53.2 Å². The Morgan fingerprint density at radius 3 is 2.95 bits per heavy atom. The van der Waals surface area contributed by atoms with Crippen molar-refractivity contribution in [2.45, 2.75) is 32.4 Å². The molecule has 0 amide bonds. The molecule has 1 fully saturated rings. The lowest BCUT2D eigenvalue weighted by Crippen LogP contribution is -2.19. The first-order valence-electron chi connectivity index (χ1n) is 7.47. The molecule has 0 radical (unpaired) electrons. The van der Waals surface area contributed by atoms with Gasteiger partial charge in [0.1, 0.15) is 5.75 Å². The lowest BCUT2D eigenvalue weighted by molar-refractivity contribution is -0.0368. The van der Waals surface area contributed by atoms with Crippen LogP contribution >= 0.6 is 0 Å². The molecule has 1 atom stereocenters. The zero-order valence-electron chi connectivity index (χ0n) is 12.0. The maximum atomic E-state index is 10.6. The Kier molecular flexibility index (Phi) is 2.86. The lowest BCUT2D eigenvalue weighted by Gasteiger charge is -2.23. The number of fused-ring (bicyclic) bond motifs is 2. The van der Waals surface area contributed by atoms with E-state index in [4.69, 9.17) is 4.74 Å². The van der Waals surface area contributed by atoms with Crippen molar-refractivity contribution in [3.63, 3.8) is 0 Å². The largest absolute Gasteiger partial charge is 0.507 e. The molecule has 2 heterocycles. The van der Waals surface area contributed by atoms with Crippen LogP contribution in [0, 0.1) is 6.92 Å². The Bertz CT molecular complexity index is 816. The fourth-order valence-corrected chi connectivity index (χ4v) is 3.25. The minimum Gasteiger partial charge on any atom is -0.507 e. The van der Waals surface area contributed by atoms with E-state index >= 15 is 0 Å². The van der Waals surface area contributed by atoms with Gasteiger partial charge in [0.2, 0.25) is 0 Å². The average molecular weight is 282 g/mol. The van der Waals surface area contributed by atoms with Crippen LogP contribution in [0.15, 0.2) is 30.3 Å². The van der Waals surface area contributed by atoms with Crippen molar-refractivity contribution in [1.82, 2.24) is 9.78 Å². The number of ether oxygens (including phenoxy) is 1. The number of aryl methyl sites for hydroxylation is 1. The fourth-order valence-electron chi connectivity index (χ4n) is 3.25. The van der Waals surface area contributed by atoms with E-state index in [-0.39, 0.29) is 6.23 Å². The standard InChI is InChI=1S/C17H18N2O2/c1-11-16-14(19(18-11)15-8-4-5-9-21-15)10-12-6-2-3-7-13(12)17(16)20/h2-3,6-7,10,15,20H,4-5,8-9H2,1H3. The molecule has 3 aromatic rings. The number of nitrogens with zero attached hydrogens (tertiary/aromatic N) is 2. The molecule has 4 heteroatoms. The molecule has 21 heavy (non-hydrogen) atoms. The second-order valence-corrected chi connectivity index (χ2v) is 5.69. The maximum Gasteiger partial charge on any atom is 0.150 e. The summed E-state index contributed by atoms with van der Waals surface area (Å²) in [4.78, 5) is 0. The maximum absolute atomic E-state index is 10.6. The third kappa shape index (κ3) is 1.90. The van der Waals surface area contributed by atoms with Gasteiger partial charge in [-0.05, 0) is 37.6 Å². The molecule has 4 rings (SSSR count). The Morgan fingerprint density at radius 2 is 2.14 bits per heavy atom. The minimum atomic E-state index is -0.0180. The monoisotopic (exact) mass is 282 g/mol. The van der Waals surface area contributed by atoms with Gasteiger partial charge in [-0.15, -0.1) is 0 Å². The van der Waals surface area contributed by atoms with Gasteiger partial charge in [0, 0.05) is 12.0 Å². The highest BCUT2D eigenvalue weighted by atomic mass is 16.5. The number of aromatic nitrogens is 2. The number of aromatic hydroxyl groups is 1. The molecule has 1 saturated heterocycles. The third-order valence-corrected chi connectivity index (χ3v) is 4.30. The molecule has 0 spiro atoms. The third-order valence-electron chi connectivity index (χ3n) is 4.30. The van der Waals surface area contributed by atoms with Crippen LogP contribution in [0.1, 0.15) is 31.2 Å². The molecule has 2 aromatic carbocycles. The molecule has 0 aliphatic carbocycles. The summed E-state index contributed by atoms with van der Waals surface area (Å²) in [6, 6.07) is 9.99. The highest BCUT2D eigenvalue weighted by Crippen LogP contribution is 2.37. The van der Waals surface area contributed by atoms with Crippen molar-refractivity contribution >= 4 is 21.7 Å².